The minimum absolute atomic E-state index is 0.0373. The molecule has 0 spiro atoms. The van der Waals surface area contributed by atoms with E-state index in [-0.39, 0.29) is 5.56 Å². The monoisotopic (exact) mass is 286 g/mol. The molecule has 20 heavy (non-hydrogen) atoms. The maximum atomic E-state index is 12.1. The van der Waals surface area contributed by atoms with Crippen molar-refractivity contribution >= 4 is 27.3 Å². The summed E-state index contributed by atoms with van der Waals surface area (Å²) in [5.41, 5.74) is 6.45. The highest BCUT2D eigenvalue weighted by molar-refractivity contribution is 7.13. The molecule has 2 N–H and O–H groups in total. The summed E-state index contributed by atoms with van der Waals surface area (Å²) >= 11 is 1.46. The zero-order chi connectivity index (χ0) is 13.9. The number of hydrogen-bond acceptors (Lipinski definition) is 4. The van der Waals surface area contributed by atoms with Gasteiger partial charge in [-0.3, -0.25) is 8.75 Å². The number of benzene rings is 2. The second-order valence-corrected chi connectivity index (χ2v) is 5.44. The van der Waals surface area contributed by atoms with Gasteiger partial charge in [0.05, 0.1) is 22.3 Å². The van der Waals surface area contributed by atoms with Gasteiger partial charge in [-0.05, 0) is 24.3 Å². The summed E-state index contributed by atoms with van der Waals surface area (Å²) in [5.74, 6) is 0.654. The lowest BCUT2D eigenvalue weighted by atomic mass is 10.3. The Labute approximate surface area is 120 Å². The predicted octanol–water partition coefficient (Wildman–Crippen LogP) is 2.72. The van der Waals surface area contributed by atoms with Gasteiger partial charge in [0.15, 0.2) is 0 Å². The highest BCUT2D eigenvalue weighted by Gasteiger charge is 2.06. The van der Waals surface area contributed by atoms with Crippen LogP contribution in [0.15, 0.2) is 53.3 Å². The number of nitrogens with zero attached hydrogens (tertiary/aromatic N) is 1. The average molecular weight is 286 g/mol. The number of nitrogen functional groups attached to an aromatic ring is 1. The molecule has 5 heteroatoms. The molecule has 0 aliphatic heterocycles. The molecular weight excluding hydrogens is 272 g/mol. The molecule has 0 bridgehead atoms. The third-order valence-electron chi connectivity index (χ3n) is 3.02. The van der Waals surface area contributed by atoms with E-state index in [9.17, 15) is 4.79 Å². The van der Waals surface area contributed by atoms with E-state index >= 15 is 0 Å². The zero-order valence-corrected chi connectivity index (χ0v) is 11.6. The van der Waals surface area contributed by atoms with Crippen LogP contribution in [0.2, 0.25) is 0 Å². The number of hydrogen-bond donors (Lipinski definition) is 1. The fraction of sp³-hybridized carbons (Fsp3) is 0.133. The first-order valence-corrected chi connectivity index (χ1v) is 7.09. The Balaban J connectivity index is 1.73. The highest BCUT2D eigenvalue weighted by Crippen LogP contribution is 2.20. The van der Waals surface area contributed by atoms with E-state index in [0.717, 1.165) is 10.1 Å². The Morgan fingerprint density at radius 1 is 1.10 bits per heavy atom. The molecule has 4 nitrogen and oxygen atoms in total. The molecule has 0 aliphatic carbocycles. The molecule has 0 unspecified atom stereocenters. The van der Waals surface area contributed by atoms with Crippen LogP contribution >= 0.6 is 11.5 Å². The van der Waals surface area contributed by atoms with E-state index in [4.69, 9.17) is 10.5 Å². The Morgan fingerprint density at radius 2 is 1.85 bits per heavy atom. The fourth-order valence-electron chi connectivity index (χ4n) is 2.02. The molecule has 0 aliphatic rings. The summed E-state index contributed by atoms with van der Waals surface area (Å²) in [6.45, 7) is 0.938. The number of anilines is 1. The van der Waals surface area contributed by atoms with Crippen LogP contribution in [0.3, 0.4) is 0 Å². The van der Waals surface area contributed by atoms with Gasteiger partial charge < -0.3 is 10.5 Å². The Bertz CT molecular complexity index is 792. The maximum absolute atomic E-state index is 12.1. The van der Waals surface area contributed by atoms with E-state index in [0.29, 0.717) is 24.6 Å². The number of fused-ring (bicyclic) bond motifs is 1. The summed E-state index contributed by atoms with van der Waals surface area (Å²) in [5, 5.41) is 0.761. The molecule has 0 atom stereocenters. The first-order valence-electron chi connectivity index (χ1n) is 6.32. The molecule has 0 saturated carbocycles. The van der Waals surface area contributed by atoms with Gasteiger partial charge in [0.2, 0.25) is 0 Å². The van der Waals surface area contributed by atoms with Crippen LogP contribution in [0.25, 0.3) is 10.1 Å². The summed E-state index contributed by atoms with van der Waals surface area (Å²) in [6.07, 6.45) is 0. The first kappa shape index (κ1) is 12.7. The lowest BCUT2D eigenvalue weighted by molar-refractivity contribution is 0.303. The Kier molecular flexibility index (Phi) is 3.43. The molecule has 2 aromatic carbocycles. The lowest BCUT2D eigenvalue weighted by Crippen LogP contribution is -2.17. The number of para-hydroxylation sites is 2. The molecule has 0 saturated heterocycles. The second-order valence-electron chi connectivity index (χ2n) is 4.38. The molecule has 0 amide bonds. The lowest BCUT2D eigenvalue weighted by Gasteiger charge is -2.08. The molecule has 1 heterocycles. The molecule has 102 valence electrons. The predicted molar refractivity (Wildman–Crippen MR) is 82.4 cm³/mol. The van der Waals surface area contributed by atoms with E-state index in [1.54, 1.807) is 10.0 Å². The third-order valence-corrected chi connectivity index (χ3v) is 4.14. The molecule has 3 aromatic rings. The van der Waals surface area contributed by atoms with Gasteiger partial charge in [0, 0.05) is 0 Å². The number of rotatable bonds is 4. The van der Waals surface area contributed by atoms with Crippen LogP contribution in [0.5, 0.6) is 5.75 Å². The van der Waals surface area contributed by atoms with E-state index in [2.05, 4.69) is 0 Å². The summed E-state index contributed by atoms with van der Waals surface area (Å²) in [4.78, 5) is 12.1. The van der Waals surface area contributed by atoms with E-state index in [1.165, 1.54) is 11.5 Å². The number of aromatic nitrogens is 1. The molecule has 3 rings (SSSR count). The van der Waals surface area contributed by atoms with Gasteiger partial charge in [0.1, 0.15) is 12.4 Å². The van der Waals surface area contributed by atoms with Crippen molar-refractivity contribution in [3.8, 4) is 5.75 Å². The van der Waals surface area contributed by atoms with Crippen molar-refractivity contribution in [3.05, 3.63) is 58.9 Å². The van der Waals surface area contributed by atoms with Crippen molar-refractivity contribution in [1.82, 2.24) is 3.96 Å². The standard InChI is InChI=1S/C15H14N2O2S/c16-12-6-2-3-7-13(12)19-10-9-17-15(18)11-5-1-4-8-14(11)20-17/h1-8H,9-10,16H2. The SMILES string of the molecule is Nc1ccccc1OCCn1sc2ccccc2c1=O. The smallest absolute Gasteiger partial charge is 0.268 e. The summed E-state index contributed by atoms with van der Waals surface area (Å²) in [7, 11) is 0. The van der Waals surface area contributed by atoms with Crippen LogP contribution in [0, 0.1) is 0 Å². The highest BCUT2D eigenvalue weighted by atomic mass is 32.1. The minimum Gasteiger partial charge on any atom is -0.490 e. The maximum Gasteiger partial charge on any atom is 0.268 e. The normalized spacial score (nSPS) is 10.8. The number of ether oxygens (including phenoxy) is 1. The van der Waals surface area contributed by atoms with Crippen molar-refractivity contribution in [2.75, 3.05) is 12.3 Å². The van der Waals surface area contributed by atoms with Crippen molar-refractivity contribution in [2.24, 2.45) is 0 Å². The van der Waals surface area contributed by atoms with Crippen LogP contribution < -0.4 is 16.0 Å². The molecular formula is C15H14N2O2S. The quantitative estimate of drug-likeness (QED) is 0.750. The Hall–Kier alpha value is -2.27. The second kappa shape index (κ2) is 5.38. The fourth-order valence-corrected chi connectivity index (χ4v) is 2.99. The van der Waals surface area contributed by atoms with Gasteiger partial charge in [-0.15, -0.1) is 0 Å². The molecule has 1 aromatic heterocycles. The molecule has 0 fully saturated rings. The number of nitrogens with two attached hydrogens (primary N) is 1. The van der Waals surface area contributed by atoms with E-state index in [1.807, 2.05) is 42.5 Å². The zero-order valence-electron chi connectivity index (χ0n) is 10.8. The van der Waals surface area contributed by atoms with Crippen LogP contribution in [-0.4, -0.2) is 10.6 Å². The van der Waals surface area contributed by atoms with Gasteiger partial charge >= 0.3 is 0 Å². The molecule has 0 radical (unpaired) electrons. The summed E-state index contributed by atoms with van der Waals surface area (Å²) < 4.78 is 8.32. The topological polar surface area (TPSA) is 57.2 Å². The summed E-state index contributed by atoms with van der Waals surface area (Å²) in [6, 6.07) is 15.0. The largest absolute Gasteiger partial charge is 0.490 e. The van der Waals surface area contributed by atoms with Gasteiger partial charge in [-0.2, -0.15) is 0 Å². The van der Waals surface area contributed by atoms with Crippen LogP contribution in [0.1, 0.15) is 0 Å². The van der Waals surface area contributed by atoms with Crippen molar-refractivity contribution in [3.63, 3.8) is 0 Å². The Morgan fingerprint density at radius 3 is 2.65 bits per heavy atom. The third kappa shape index (κ3) is 2.40. The van der Waals surface area contributed by atoms with Crippen LogP contribution in [0.4, 0.5) is 5.69 Å². The van der Waals surface area contributed by atoms with Gasteiger partial charge in [-0.1, -0.05) is 35.8 Å². The van der Waals surface area contributed by atoms with E-state index < -0.39 is 0 Å². The van der Waals surface area contributed by atoms with Crippen molar-refractivity contribution < 1.29 is 4.74 Å². The minimum atomic E-state index is 0.0373. The van der Waals surface area contributed by atoms with Gasteiger partial charge in [-0.25, -0.2) is 0 Å². The van der Waals surface area contributed by atoms with Crippen molar-refractivity contribution in [1.29, 1.82) is 0 Å². The first-order chi connectivity index (χ1) is 9.75. The van der Waals surface area contributed by atoms with Crippen molar-refractivity contribution in [2.45, 2.75) is 6.54 Å². The van der Waals surface area contributed by atoms with Crippen LogP contribution in [-0.2, 0) is 6.54 Å². The van der Waals surface area contributed by atoms with Gasteiger partial charge in [0.25, 0.3) is 5.56 Å². The average Bonchev–Trinajstić information content (AvgIpc) is 2.78.